The number of aryl methyl sites for hydroxylation is 1. The number of hydrogen-bond donors (Lipinski definition) is 0. The van der Waals surface area contributed by atoms with Gasteiger partial charge < -0.3 is 4.90 Å². The molecule has 0 spiro atoms. The van der Waals surface area contributed by atoms with E-state index >= 15 is 0 Å². The average Bonchev–Trinajstić information content (AvgIpc) is 2.73. The molecule has 0 atom stereocenters. The quantitative estimate of drug-likeness (QED) is 0.866. The highest BCUT2D eigenvalue weighted by Gasteiger charge is 2.15. The molecule has 0 saturated carbocycles. The van der Waals surface area contributed by atoms with Gasteiger partial charge >= 0.3 is 0 Å². The van der Waals surface area contributed by atoms with Crippen molar-refractivity contribution in [1.82, 2.24) is 19.9 Å². The topological polar surface area (TPSA) is 59.0 Å². The molecule has 0 aliphatic carbocycles. The van der Waals surface area contributed by atoms with Crippen molar-refractivity contribution >= 4 is 28.8 Å². The van der Waals surface area contributed by atoms with Crippen LogP contribution in [0, 0.1) is 6.92 Å². The van der Waals surface area contributed by atoms with Gasteiger partial charge in [0.25, 0.3) is 5.91 Å². The summed E-state index contributed by atoms with van der Waals surface area (Å²) in [6.45, 7) is 2.37. The van der Waals surface area contributed by atoms with Crippen LogP contribution in [0.4, 0.5) is 0 Å². The van der Waals surface area contributed by atoms with E-state index in [0.717, 1.165) is 10.7 Å². The van der Waals surface area contributed by atoms with Crippen molar-refractivity contribution in [3.05, 3.63) is 39.3 Å². The van der Waals surface area contributed by atoms with E-state index in [1.807, 2.05) is 12.3 Å². The van der Waals surface area contributed by atoms with Crippen molar-refractivity contribution < 1.29 is 4.79 Å². The van der Waals surface area contributed by atoms with Crippen LogP contribution in [0.2, 0.25) is 5.15 Å². The molecule has 94 valence electrons. The van der Waals surface area contributed by atoms with Gasteiger partial charge in [-0.25, -0.2) is 9.97 Å². The minimum absolute atomic E-state index is 0.207. The van der Waals surface area contributed by atoms with E-state index in [1.165, 1.54) is 17.3 Å². The Balaban J connectivity index is 2.09. The van der Waals surface area contributed by atoms with Crippen LogP contribution in [0.3, 0.4) is 0 Å². The van der Waals surface area contributed by atoms with Crippen LogP contribution in [0.5, 0.6) is 0 Å². The molecule has 2 aromatic rings. The zero-order chi connectivity index (χ0) is 13.1. The average molecular weight is 283 g/mol. The molecule has 0 aliphatic rings. The van der Waals surface area contributed by atoms with Crippen molar-refractivity contribution in [2.45, 2.75) is 13.5 Å². The molecule has 2 aromatic heterocycles. The Morgan fingerprint density at radius 1 is 1.44 bits per heavy atom. The molecule has 0 saturated heterocycles. The lowest BCUT2D eigenvalue weighted by Gasteiger charge is -2.14. The third kappa shape index (κ3) is 3.02. The zero-order valence-electron chi connectivity index (χ0n) is 9.92. The summed E-state index contributed by atoms with van der Waals surface area (Å²) in [5, 5.41) is 3.12. The molecule has 0 N–H and O–H groups in total. The maximum atomic E-state index is 12.0. The van der Waals surface area contributed by atoms with Gasteiger partial charge in [0.15, 0.2) is 0 Å². The third-order valence-electron chi connectivity index (χ3n) is 2.24. The Labute approximate surface area is 113 Å². The van der Waals surface area contributed by atoms with E-state index < -0.39 is 0 Å². The normalized spacial score (nSPS) is 10.4. The standard InChI is InChI=1S/C11H11ClN4OS/c1-7-14-8(6-18-7)5-16(2)11(17)9-3-13-4-10(12)15-9/h3-4,6H,5H2,1-2H3. The molecular formula is C11H11ClN4OS. The molecule has 18 heavy (non-hydrogen) atoms. The Morgan fingerprint density at radius 2 is 2.22 bits per heavy atom. The highest BCUT2D eigenvalue weighted by Crippen LogP contribution is 2.11. The van der Waals surface area contributed by atoms with E-state index in [4.69, 9.17) is 11.6 Å². The second-order valence-corrected chi connectivity index (χ2v) is 5.20. The first-order valence-corrected chi connectivity index (χ1v) is 6.46. The summed E-state index contributed by atoms with van der Waals surface area (Å²) in [7, 11) is 1.69. The molecular weight excluding hydrogens is 272 g/mol. The second kappa shape index (κ2) is 5.41. The van der Waals surface area contributed by atoms with Crippen LogP contribution in [-0.2, 0) is 6.54 Å². The first-order chi connectivity index (χ1) is 8.56. The molecule has 1 amide bonds. The van der Waals surface area contributed by atoms with Crippen molar-refractivity contribution in [1.29, 1.82) is 0 Å². The molecule has 0 aliphatic heterocycles. The summed E-state index contributed by atoms with van der Waals surface area (Å²) in [5.41, 5.74) is 1.10. The third-order valence-corrected chi connectivity index (χ3v) is 3.24. The van der Waals surface area contributed by atoms with Gasteiger partial charge in [0.2, 0.25) is 0 Å². The Kier molecular flexibility index (Phi) is 3.88. The molecule has 0 radical (unpaired) electrons. The van der Waals surface area contributed by atoms with Crippen LogP contribution >= 0.6 is 22.9 Å². The van der Waals surface area contributed by atoms with E-state index in [1.54, 1.807) is 18.4 Å². The summed E-state index contributed by atoms with van der Waals surface area (Å²) in [6.07, 6.45) is 2.79. The first kappa shape index (κ1) is 12.9. The SMILES string of the molecule is Cc1nc(CN(C)C(=O)c2cncc(Cl)n2)cs1. The number of carbonyl (C=O) groups excluding carboxylic acids is 1. The number of aromatic nitrogens is 3. The lowest BCUT2D eigenvalue weighted by atomic mass is 10.3. The van der Waals surface area contributed by atoms with Crippen molar-refractivity contribution in [2.24, 2.45) is 0 Å². The number of nitrogens with zero attached hydrogens (tertiary/aromatic N) is 4. The number of halogens is 1. The van der Waals surface area contributed by atoms with Gasteiger partial charge in [-0.3, -0.25) is 9.78 Å². The molecule has 2 heterocycles. The summed E-state index contributed by atoms with van der Waals surface area (Å²) >= 11 is 7.26. The van der Waals surface area contributed by atoms with Crippen LogP contribution in [0.15, 0.2) is 17.8 Å². The zero-order valence-corrected chi connectivity index (χ0v) is 11.5. The number of thiazole rings is 1. The van der Waals surface area contributed by atoms with E-state index in [9.17, 15) is 4.79 Å². The molecule has 5 nitrogen and oxygen atoms in total. The predicted octanol–water partition coefficient (Wildman–Crippen LogP) is 2.17. The molecule has 0 aromatic carbocycles. The van der Waals surface area contributed by atoms with Gasteiger partial charge in [0.1, 0.15) is 10.8 Å². The molecule has 0 unspecified atom stereocenters. The number of hydrogen-bond acceptors (Lipinski definition) is 5. The number of rotatable bonds is 3. The smallest absolute Gasteiger partial charge is 0.274 e. The summed E-state index contributed by atoms with van der Waals surface area (Å²) < 4.78 is 0. The molecule has 2 rings (SSSR count). The highest BCUT2D eigenvalue weighted by atomic mass is 35.5. The van der Waals surface area contributed by atoms with Crippen molar-refractivity contribution in [2.75, 3.05) is 7.05 Å². The van der Waals surface area contributed by atoms with Gasteiger partial charge in [0.05, 0.1) is 29.6 Å². The summed E-state index contributed by atoms with van der Waals surface area (Å²) in [4.78, 5) is 25.7. The number of carbonyl (C=O) groups is 1. The minimum Gasteiger partial charge on any atom is -0.334 e. The fourth-order valence-corrected chi connectivity index (χ4v) is 2.19. The summed E-state index contributed by atoms with van der Waals surface area (Å²) in [6, 6.07) is 0. The largest absolute Gasteiger partial charge is 0.334 e. The molecule has 0 bridgehead atoms. The molecule has 7 heteroatoms. The van der Waals surface area contributed by atoms with Crippen LogP contribution in [0.25, 0.3) is 0 Å². The maximum absolute atomic E-state index is 12.0. The Hall–Kier alpha value is -1.53. The van der Waals surface area contributed by atoms with Crippen LogP contribution < -0.4 is 0 Å². The fraction of sp³-hybridized carbons (Fsp3) is 0.273. The van der Waals surface area contributed by atoms with E-state index in [0.29, 0.717) is 6.54 Å². The van der Waals surface area contributed by atoms with Crippen molar-refractivity contribution in [3.63, 3.8) is 0 Å². The Morgan fingerprint density at radius 3 is 2.83 bits per heavy atom. The van der Waals surface area contributed by atoms with Gasteiger partial charge in [0, 0.05) is 12.4 Å². The Bertz CT molecular complexity index is 572. The van der Waals surface area contributed by atoms with Gasteiger partial charge in [-0.05, 0) is 6.92 Å². The van der Waals surface area contributed by atoms with Gasteiger partial charge in [-0.1, -0.05) is 11.6 Å². The maximum Gasteiger partial charge on any atom is 0.274 e. The monoisotopic (exact) mass is 282 g/mol. The lowest BCUT2D eigenvalue weighted by Crippen LogP contribution is -2.27. The summed E-state index contributed by atoms with van der Waals surface area (Å²) in [5.74, 6) is -0.226. The highest BCUT2D eigenvalue weighted by molar-refractivity contribution is 7.09. The second-order valence-electron chi connectivity index (χ2n) is 3.75. The lowest BCUT2D eigenvalue weighted by molar-refractivity contribution is 0.0777. The predicted molar refractivity (Wildman–Crippen MR) is 69.7 cm³/mol. The molecule has 0 fully saturated rings. The van der Waals surface area contributed by atoms with Gasteiger partial charge in [-0.2, -0.15) is 0 Å². The van der Waals surface area contributed by atoms with Gasteiger partial charge in [-0.15, -0.1) is 11.3 Å². The first-order valence-electron chi connectivity index (χ1n) is 5.20. The number of amides is 1. The van der Waals surface area contributed by atoms with Crippen LogP contribution in [-0.4, -0.2) is 32.8 Å². The van der Waals surface area contributed by atoms with Crippen LogP contribution in [0.1, 0.15) is 21.2 Å². The van der Waals surface area contributed by atoms with E-state index in [-0.39, 0.29) is 16.8 Å². The minimum atomic E-state index is -0.226. The fourth-order valence-electron chi connectivity index (χ4n) is 1.44. The van der Waals surface area contributed by atoms with E-state index in [2.05, 4.69) is 15.0 Å². The van der Waals surface area contributed by atoms with Crippen molar-refractivity contribution in [3.8, 4) is 0 Å².